The van der Waals surface area contributed by atoms with Crippen LogP contribution in [0.5, 0.6) is 0 Å². The lowest BCUT2D eigenvalue weighted by Crippen LogP contribution is -2.36. The maximum Gasteiger partial charge on any atom is 0.473 e. The van der Waals surface area contributed by atoms with Crippen LogP contribution in [0.4, 0.5) is 5.95 Å². The van der Waals surface area contributed by atoms with Crippen molar-refractivity contribution in [3.05, 3.63) is 16.7 Å². The van der Waals surface area contributed by atoms with Gasteiger partial charge in [0.2, 0.25) is 5.95 Å². The number of hydrogen-bond acceptors (Lipinski definition) is 9. The van der Waals surface area contributed by atoms with E-state index in [0.29, 0.717) is 6.42 Å². The van der Waals surface area contributed by atoms with E-state index in [0.717, 1.165) is 0 Å². The molecule has 1 aliphatic heterocycles. The van der Waals surface area contributed by atoms with Crippen LogP contribution in [-0.4, -0.2) is 53.4 Å². The Hall–Kier alpha value is -1.82. The van der Waals surface area contributed by atoms with Crippen molar-refractivity contribution in [2.75, 3.05) is 5.73 Å². The fourth-order valence-electron chi connectivity index (χ4n) is 3.50. The van der Waals surface area contributed by atoms with Crippen LogP contribution in [0.1, 0.15) is 54.2 Å². The zero-order valence-corrected chi connectivity index (χ0v) is 19.3. The van der Waals surface area contributed by atoms with Crippen molar-refractivity contribution in [3.8, 4) is 0 Å². The summed E-state index contributed by atoms with van der Waals surface area (Å²) in [4.78, 5) is 32.8. The van der Waals surface area contributed by atoms with Gasteiger partial charge in [0.15, 0.2) is 17.4 Å². The van der Waals surface area contributed by atoms with Crippen LogP contribution in [0.25, 0.3) is 11.2 Å². The molecule has 2 unspecified atom stereocenters. The highest BCUT2D eigenvalue weighted by molar-refractivity contribution is 7.47. The number of nitrogens with zero attached hydrogens (tertiary/aromatic N) is 3. The standard InChI is InChI=1S/C18H30N5O7P/c1-17(2,3)7-9-12(29-31(26,27)30-18(4,5)6)11(24)15(28-9)23-8-20-10-13(23)21-16(19)22-14(10)25/h8-9,11-12,15,24H,7H2,1-6H3,(H,26,27)(H3,19,21,22,25)/t9-,11?,12+,15-/m1/s1. The number of ether oxygens (including phenoxy) is 1. The monoisotopic (exact) mass is 459 g/mol. The maximum atomic E-state index is 12.6. The number of imidazole rings is 1. The molecule has 0 spiro atoms. The molecular weight excluding hydrogens is 429 g/mol. The van der Waals surface area contributed by atoms with Crippen LogP contribution in [-0.2, 0) is 18.3 Å². The van der Waals surface area contributed by atoms with Crippen molar-refractivity contribution in [1.82, 2.24) is 19.5 Å². The summed E-state index contributed by atoms with van der Waals surface area (Å²) in [6.07, 6.45) is -2.69. The summed E-state index contributed by atoms with van der Waals surface area (Å²) in [5, 5.41) is 11.0. The molecule has 1 aliphatic rings. The zero-order chi connectivity index (χ0) is 23.4. The van der Waals surface area contributed by atoms with E-state index in [2.05, 4.69) is 15.0 Å². The van der Waals surface area contributed by atoms with Gasteiger partial charge in [-0.3, -0.25) is 23.4 Å². The fraction of sp³-hybridized carbons (Fsp3) is 0.722. The van der Waals surface area contributed by atoms with Crippen molar-refractivity contribution in [1.29, 1.82) is 0 Å². The van der Waals surface area contributed by atoms with Crippen molar-refractivity contribution >= 4 is 24.9 Å². The molecule has 5 N–H and O–H groups in total. The number of H-pyrrole nitrogens is 1. The van der Waals surface area contributed by atoms with Crippen molar-refractivity contribution in [3.63, 3.8) is 0 Å². The number of anilines is 1. The van der Waals surface area contributed by atoms with Crippen molar-refractivity contribution in [2.45, 2.75) is 78.1 Å². The first kappa shape index (κ1) is 23.8. The average molecular weight is 459 g/mol. The van der Waals surface area contributed by atoms with Gasteiger partial charge in [-0.25, -0.2) is 9.55 Å². The Morgan fingerprint density at radius 2 is 1.97 bits per heavy atom. The minimum Gasteiger partial charge on any atom is -0.386 e. The second-order valence-electron chi connectivity index (χ2n) is 9.84. The van der Waals surface area contributed by atoms with Crippen LogP contribution in [0.2, 0.25) is 0 Å². The number of aliphatic hydroxyl groups is 1. The molecule has 13 heteroatoms. The van der Waals surface area contributed by atoms with E-state index in [9.17, 15) is 19.4 Å². The van der Waals surface area contributed by atoms with Crippen LogP contribution >= 0.6 is 7.82 Å². The molecule has 5 atom stereocenters. The third kappa shape index (κ3) is 5.51. The lowest BCUT2D eigenvalue weighted by molar-refractivity contribution is -0.0463. The molecule has 3 heterocycles. The van der Waals surface area contributed by atoms with Crippen LogP contribution in [0.3, 0.4) is 0 Å². The minimum atomic E-state index is -4.53. The third-order valence-corrected chi connectivity index (χ3v) is 5.78. The minimum absolute atomic E-state index is 0.0191. The number of hydrogen-bond donors (Lipinski definition) is 4. The molecule has 2 aromatic heterocycles. The molecule has 0 bridgehead atoms. The van der Waals surface area contributed by atoms with Gasteiger partial charge in [-0.15, -0.1) is 0 Å². The molecule has 0 saturated carbocycles. The van der Waals surface area contributed by atoms with E-state index in [-0.39, 0.29) is 22.5 Å². The molecular formula is C18H30N5O7P. The molecule has 0 aliphatic carbocycles. The Kier molecular flexibility index (Phi) is 6.11. The first-order chi connectivity index (χ1) is 14.1. The van der Waals surface area contributed by atoms with E-state index in [4.69, 9.17) is 19.5 Å². The molecule has 174 valence electrons. The zero-order valence-electron chi connectivity index (χ0n) is 18.4. The Morgan fingerprint density at radius 1 is 1.32 bits per heavy atom. The van der Waals surface area contributed by atoms with Crippen molar-refractivity contribution < 1.29 is 28.3 Å². The van der Waals surface area contributed by atoms with Gasteiger partial charge < -0.3 is 20.5 Å². The summed E-state index contributed by atoms with van der Waals surface area (Å²) in [5.74, 6) is -0.121. The van der Waals surface area contributed by atoms with Gasteiger partial charge in [-0.1, -0.05) is 20.8 Å². The fourth-order valence-corrected chi connectivity index (χ4v) is 4.80. The summed E-state index contributed by atoms with van der Waals surface area (Å²) < 4.78 is 30.6. The predicted octanol–water partition coefficient (Wildman–Crippen LogP) is 1.70. The van der Waals surface area contributed by atoms with E-state index in [1.54, 1.807) is 20.8 Å². The Bertz CT molecular complexity index is 1050. The summed E-state index contributed by atoms with van der Waals surface area (Å²) in [6.45, 7) is 10.7. The molecule has 31 heavy (non-hydrogen) atoms. The van der Waals surface area contributed by atoms with Gasteiger partial charge in [-0.2, -0.15) is 4.98 Å². The van der Waals surface area contributed by atoms with Gasteiger partial charge in [0.25, 0.3) is 5.56 Å². The van der Waals surface area contributed by atoms with Crippen LogP contribution in [0, 0.1) is 5.41 Å². The summed E-state index contributed by atoms with van der Waals surface area (Å²) in [7, 11) is -4.53. The molecule has 0 amide bonds. The second-order valence-corrected chi connectivity index (χ2v) is 11.2. The second kappa shape index (κ2) is 7.95. The van der Waals surface area contributed by atoms with Crippen LogP contribution in [0.15, 0.2) is 11.1 Å². The topological polar surface area (TPSA) is 175 Å². The normalized spacial score (nSPS) is 27.0. The molecule has 1 fully saturated rings. The van der Waals surface area contributed by atoms with Gasteiger partial charge in [0.05, 0.1) is 18.0 Å². The van der Waals surface area contributed by atoms with E-state index >= 15 is 0 Å². The number of aromatic amines is 1. The summed E-state index contributed by atoms with van der Waals surface area (Å²) >= 11 is 0. The number of nitrogens with one attached hydrogen (secondary N) is 1. The number of phosphoric ester groups is 1. The molecule has 0 aromatic carbocycles. The van der Waals surface area contributed by atoms with Crippen molar-refractivity contribution in [2.24, 2.45) is 5.41 Å². The van der Waals surface area contributed by atoms with E-state index < -0.39 is 43.5 Å². The number of nitrogens with two attached hydrogens (primary N) is 1. The largest absolute Gasteiger partial charge is 0.473 e. The number of aliphatic hydroxyl groups excluding tert-OH is 1. The maximum absolute atomic E-state index is 12.6. The molecule has 12 nitrogen and oxygen atoms in total. The highest BCUT2D eigenvalue weighted by Gasteiger charge is 2.50. The quantitative estimate of drug-likeness (QED) is 0.482. The molecule has 0 radical (unpaired) electrons. The number of aromatic nitrogens is 4. The lowest BCUT2D eigenvalue weighted by Gasteiger charge is -2.29. The van der Waals surface area contributed by atoms with Gasteiger partial charge in [-0.05, 0) is 32.6 Å². The first-order valence-electron chi connectivity index (χ1n) is 9.84. The van der Waals surface area contributed by atoms with Gasteiger partial charge >= 0.3 is 7.82 Å². The lowest BCUT2D eigenvalue weighted by atomic mass is 9.87. The smallest absolute Gasteiger partial charge is 0.386 e. The predicted molar refractivity (Wildman–Crippen MR) is 112 cm³/mol. The Balaban J connectivity index is 1.98. The average Bonchev–Trinajstić information content (AvgIpc) is 3.07. The van der Waals surface area contributed by atoms with E-state index in [1.165, 1.54) is 10.9 Å². The Morgan fingerprint density at radius 3 is 2.55 bits per heavy atom. The first-order valence-corrected chi connectivity index (χ1v) is 11.3. The number of fused-ring (bicyclic) bond motifs is 1. The van der Waals surface area contributed by atoms with Gasteiger partial charge in [0, 0.05) is 0 Å². The molecule has 2 aromatic rings. The number of rotatable bonds is 5. The molecule has 3 rings (SSSR count). The number of phosphoric acid groups is 1. The highest BCUT2D eigenvalue weighted by atomic mass is 31.2. The highest BCUT2D eigenvalue weighted by Crippen LogP contribution is 2.52. The Labute approximate surface area is 179 Å². The van der Waals surface area contributed by atoms with E-state index in [1.807, 2.05) is 20.8 Å². The number of nitrogen functional groups attached to an aromatic ring is 1. The van der Waals surface area contributed by atoms with Crippen LogP contribution < -0.4 is 11.3 Å². The third-order valence-electron chi connectivity index (χ3n) is 4.49. The SMILES string of the molecule is CC(C)(C)C[C@H]1O[C@@H](n2cnc3c(=O)[nH]c(N)nc32)C(O)[C@H]1OP(=O)(O)OC(C)(C)C. The summed E-state index contributed by atoms with van der Waals surface area (Å²) in [6, 6.07) is 0. The van der Waals surface area contributed by atoms with Gasteiger partial charge in [0.1, 0.15) is 12.2 Å². The molecule has 1 saturated heterocycles. The summed E-state index contributed by atoms with van der Waals surface area (Å²) in [5.41, 5.74) is 4.04.